The zero-order chi connectivity index (χ0) is 77.1. The summed E-state index contributed by atoms with van der Waals surface area (Å²) in [5.41, 5.74) is 14.2. The van der Waals surface area contributed by atoms with E-state index in [1.54, 1.807) is 30.3 Å². The number of halogens is 2. The summed E-state index contributed by atoms with van der Waals surface area (Å²) in [7, 11) is 0. The Kier molecular flexibility index (Phi) is 22.9. The van der Waals surface area contributed by atoms with Crippen LogP contribution in [0.2, 0.25) is 0 Å². The fourth-order valence-electron chi connectivity index (χ4n) is 16.6. The third kappa shape index (κ3) is 14.8. The highest BCUT2D eigenvalue weighted by Gasteiger charge is 2.61. The Morgan fingerprint density at radius 2 is 0.897 bits per heavy atom. The number of carbonyl (C=O) groups is 10. The van der Waals surface area contributed by atoms with Crippen LogP contribution in [0.5, 0.6) is 0 Å². The van der Waals surface area contributed by atoms with Crippen molar-refractivity contribution in [2.75, 3.05) is 55.2 Å². The zero-order valence-corrected chi connectivity index (χ0v) is 62.0. The molecule has 8 heterocycles. The molecule has 2 aromatic heterocycles. The molecule has 0 radical (unpaired) electrons. The van der Waals surface area contributed by atoms with Crippen molar-refractivity contribution in [1.29, 1.82) is 5.26 Å². The van der Waals surface area contributed by atoms with E-state index < -0.39 is 93.7 Å². The number of carbonyl (C=O) groups excluding carboxylic acids is 10. The van der Waals surface area contributed by atoms with Gasteiger partial charge in [-0.2, -0.15) is 5.26 Å². The minimum Gasteiger partial charge on any atom is -0.368 e. The molecule has 564 valence electrons. The number of nitrogens with zero attached hydrogens (tertiary/aromatic N) is 6. The standard InChI is InChI=1S/C30H34FN5O4.C30H32FN5O3.C21H30N4O3/c1-4-12-35(27(38)23-14-18-20(31)9-7-11-21(18)33-23)24(13-17(2)3)28(39)36-16-30(15-25(36)26(32)37)19-8-5-6-10-22(19)34-29(30)40;1-4-12-35(27(37)25-14-20-22(31)9-7-11-23(20)33-25)26(13-18(2)3)28(38)36-17-30(15-19(36)16-32)21-8-5-6-10-24(21)34-29(30)39;1-4-9-23-16(10-13(2)3)19(27)25-12-21(11-17(25)18(22)26)14-7-5-6-8-15(14)24-20(21)28/h5-11,14,17,24-25,33H,4,12-13,15-16H2,1-3H3,(H2,32,37)(H,34,40);5-11,14,18-19,26,33H,4,12-13,15,17H2,1-3H3,(H,34,39);5-8,13,16-17,23H,4,9-12H2,1-3H3,(H2,22,26)(H,24,28)/t24-,25-,30-;19-,26-,30-;16-,17-,21-/m000/s1. The van der Waals surface area contributed by atoms with Gasteiger partial charge in [0.2, 0.25) is 47.3 Å². The number of aromatic amines is 2. The smallest absolute Gasteiger partial charge is 0.270 e. The number of nitriles is 1. The molecule has 3 spiro atoms. The van der Waals surface area contributed by atoms with Gasteiger partial charge in [-0.3, -0.25) is 47.9 Å². The average Bonchev–Trinajstić information content (AvgIpc) is 1.58. The molecule has 26 heteroatoms. The Hall–Kier alpha value is -10.8. The molecule has 10 N–H and O–H groups in total. The van der Waals surface area contributed by atoms with Crippen molar-refractivity contribution in [2.45, 2.75) is 173 Å². The molecule has 0 aliphatic carbocycles. The van der Waals surface area contributed by atoms with Crippen molar-refractivity contribution in [3.05, 3.63) is 161 Å². The molecule has 107 heavy (non-hydrogen) atoms. The lowest BCUT2D eigenvalue weighted by Crippen LogP contribution is -2.55. The van der Waals surface area contributed by atoms with E-state index in [0.717, 1.165) is 28.8 Å². The first kappa shape index (κ1) is 77.3. The highest BCUT2D eigenvalue weighted by molar-refractivity contribution is 6.11. The number of hydrogen-bond donors (Lipinski definition) is 8. The van der Waals surface area contributed by atoms with E-state index in [1.807, 2.05) is 115 Å². The molecule has 9 atom stereocenters. The van der Waals surface area contributed by atoms with Crippen LogP contribution in [-0.2, 0) is 54.6 Å². The maximum absolute atomic E-state index is 14.4. The third-order valence-corrected chi connectivity index (χ3v) is 21.6. The number of likely N-dealkylation sites (tertiary alicyclic amines) is 3. The second-order valence-corrected chi connectivity index (χ2v) is 30.4. The van der Waals surface area contributed by atoms with Gasteiger partial charge in [-0.15, -0.1) is 0 Å². The van der Waals surface area contributed by atoms with Crippen LogP contribution in [0.25, 0.3) is 21.8 Å². The van der Waals surface area contributed by atoms with E-state index in [1.165, 1.54) is 48.8 Å². The lowest BCUT2D eigenvalue weighted by Gasteiger charge is -2.36. The second kappa shape index (κ2) is 31.7. The van der Waals surface area contributed by atoms with Crippen molar-refractivity contribution in [1.82, 2.24) is 39.8 Å². The van der Waals surface area contributed by atoms with Gasteiger partial charge in [-0.05, 0) is 147 Å². The Morgan fingerprint density at radius 1 is 0.523 bits per heavy atom. The predicted molar refractivity (Wildman–Crippen MR) is 402 cm³/mol. The van der Waals surface area contributed by atoms with Crippen LogP contribution in [0.4, 0.5) is 25.8 Å². The van der Waals surface area contributed by atoms with Crippen LogP contribution < -0.4 is 32.7 Å². The van der Waals surface area contributed by atoms with Gasteiger partial charge in [-0.25, -0.2) is 8.78 Å². The minimum absolute atomic E-state index is 0.0252. The Balaban J connectivity index is 0.000000163. The lowest BCUT2D eigenvalue weighted by atomic mass is 9.79. The molecular weight excluding hydrogens is 1370 g/mol. The van der Waals surface area contributed by atoms with Crippen molar-refractivity contribution in [3.8, 4) is 6.07 Å². The summed E-state index contributed by atoms with van der Waals surface area (Å²) in [6.45, 7) is 19.3. The van der Waals surface area contributed by atoms with Crippen LogP contribution in [0.3, 0.4) is 0 Å². The molecule has 0 bridgehead atoms. The van der Waals surface area contributed by atoms with E-state index in [9.17, 15) is 62.0 Å². The Labute approximate surface area is 621 Å². The molecule has 0 unspecified atom stereocenters. The highest BCUT2D eigenvalue weighted by Crippen LogP contribution is 2.50. The number of amides is 10. The van der Waals surface area contributed by atoms with Crippen LogP contribution >= 0.6 is 0 Å². The second-order valence-electron chi connectivity index (χ2n) is 30.4. The monoisotopic (exact) mass is 1460 g/mol. The summed E-state index contributed by atoms with van der Waals surface area (Å²) >= 11 is 0. The molecule has 24 nitrogen and oxygen atoms in total. The summed E-state index contributed by atoms with van der Waals surface area (Å²) in [5.74, 6) is -4.20. The quantitative estimate of drug-likeness (QED) is 0.0314. The first-order valence-electron chi connectivity index (χ1n) is 37.1. The van der Waals surface area contributed by atoms with E-state index in [0.29, 0.717) is 78.9 Å². The number of primary amides is 2. The summed E-state index contributed by atoms with van der Waals surface area (Å²) in [6.07, 6.45) is 3.92. The summed E-state index contributed by atoms with van der Waals surface area (Å²) in [5, 5.41) is 22.7. The summed E-state index contributed by atoms with van der Waals surface area (Å²) < 4.78 is 28.8. The molecule has 7 aromatic rings. The van der Waals surface area contributed by atoms with Crippen LogP contribution in [-0.4, -0.2) is 169 Å². The van der Waals surface area contributed by atoms with E-state index in [4.69, 9.17) is 11.5 Å². The van der Waals surface area contributed by atoms with Crippen molar-refractivity contribution in [2.24, 2.45) is 29.2 Å². The molecular formula is C81H96F2N14O10. The molecule has 6 aliphatic heterocycles. The highest BCUT2D eigenvalue weighted by atomic mass is 19.1. The SMILES string of the molecule is CCCN(C(=O)c1cc2c(F)cccc2[nH]1)[C@@H](CC(C)C)C(=O)N1C[C@]2(C[C@H]1C#N)C(=O)Nc1ccccc12.CCCN(C(=O)c1cc2c(F)cccc2[nH]1)[C@@H](CC(C)C)C(=O)N1C[C@]2(C[C@H]1C(N)=O)C(=O)Nc1ccccc12.CCCN[C@@H](CC(C)C)C(=O)N1C[C@]2(C[C@H]1C(N)=O)C(=O)Nc1ccccc12. The first-order valence-corrected chi connectivity index (χ1v) is 37.1. The van der Waals surface area contributed by atoms with Crippen molar-refractivity contribution < 1.29 is 56.7 Å². The number of para-hydroxylation sites is 3. The fourth-order valence-corrected chi connectivity index (χ4v) is 16.6. The molecule has 0 saturated carbocycles. The molecule has 10 amide bonds. The van der Waals surface area contributed by atoms with Gasteiger partial charge in [0, 0.05) is 78.0 Å². The Bertz CT molecular complexity index is 4660. The lowest BCUT2D eigenvalue weighted by molar-refractivity contribution is -0.141. The normalized spacial score (nSPS) is 21.7. The van der Waals surface area contributed by atoms with Crippen molar-refractivity contribution >= 4 is 97.9 Å². The number of nitrogens with two attached hydrogens (primary N) is 2. The fraction of sp³-hybridized carbons (Fsp3) is 0.444. The number of H-pyrrole nitrogens is 2. The number of rotatable bonds is 22. The van der Waals surface area contributed by atoms with Gasteiger partial charge in [0.1, 0.15) is 53.2 Å². The van der Waals surface area contributed by atoms with Crippen LogP contribution in [0.1, 0.15) is 158 Å². The van der Waals surface area contributed by atoms with E-state index >= 15 is 0 Å². The number of nitrogens with one attached hydrogen (secondary N) is 6. The number of hydrogen-bond acceptors (Lipinski definition) is 12. The largest absolute Gasteiger partial charge is 0.368 e. The molecule has 3 fully saturated rings. The van der Waals surface area contributed by atoms with Crippen LogP contribution in [0, 0.1) is 40.7 Å². The molecule has 3 saturated heterocycles. The van der Waals surface area contributed by atoms with Gasteiger partial charge in [0.15, 0.2) is 0 Å². The topological polar surface area (TPSA) is 342 Å². The van der Waals surface area contributed by atoms with Gasteiger partial charge < -0.3 is 67.2 Å². The predicted octanol–water partition coefficient (Wildman–Crippen LogP) is 9.52. The maximum atomic E-state index is 14.4. The first-order chi connectivity index (χ1) is 51.1. The summed E-state index contributed by atoms with van der Waals surface area (Å²) in [4.78, 5) is 147. The zero-order valence-electron chi connectivity index (χ0n) is 62.0. The molecule has 13 rings (SSSR count). The molecule has 6 aliphatic rings. The van der Waals surface area contributed by atoms with E-state index in [2.05, 4.69) is 51.2 Å². The third-order valence-electron chi connectivity index (χ3n) is 21.6. The summed E-state index contributed by atoms with van der Waals surface area (Å²) in [6, 6.07) is 31.6. The van der Waals surface area contributed by atoms with Crippen LogP contribution in [0.15, 0.2) is 121 Å². The number of aromatic nitrogens is 2. The maximum Gasteiger partial charge on any atom is 0.270 e. The molecule has 5 aromatic carbocycles. The van der Waals surface area contributed by atoms with Gasteiger partial charge in [0.25, 0.3) is 11.8 Å². The number of benzene rings is 5. The van der Waals surface area contributed by atoms with Crippen molar-refractivity contribution in [3.63, 3.8) is 0 Å². The van der Waals surface area contributed by atoms with Gasteiger partial charge >= 0.3 is 0 Å². The van der Waals surface area contributed by atoms with Gasteiger partial charge in [-0.1, -0.05) is 129 Å². The number of anilines is 3. The average molecular weight is 1460 g/mol. The number of fused-ring (bicyclic) bond motifs is 8. The van der Waals surface area contributed by atoms with Gasteiger partial charge in [0.05, 0.1) is 28.4 Å². The Morgan fingerprint density at radius 3 is 1.26 bits per heavy atom. The minimum atomic E-state index is -1.11. The van der Waals surface area contributed by atoms with E-state index in [-0.39, 0.29) is 104 Å².